The first-order valence-electron chi connectivity index (χ1n) is 9.46. The predicted octanol–water partition coefficient (Wildman–Crippen LogP) is 4.27. The summed E-state index contributed by atoms with van der Waals surface area (Å²) in [6.07, 6.45) is 0. The van der Waals surface area contributed by atoms with Gasteiger partial charge in [0.2, 0.25) is 5.91 Å². The summed E-state index contributed by atoms with van der Waals surface area (Å²) in [5, 5.41) is 8.98. The van der Waals surface area contributed by atoms with Crippen LogP contribution in [-0.2, 0) is 11.3 Å². The summed E-state index contributed by atoms with van der Waals surface area (Å²) in [7, 11) is 1.86. The van der Waals surface area contributed by atoms with Crippen molar-refractivity contribution in [2.45, 2.75) is 20.4 Å². The van der Waals surface area contributed by atoms with Crippen LogP contribution in [0.1, 0.15) is 19.5 Å². The molecule has 0 fully saturated rings. The van der Waals surface area contributed by atoms with Gasteiger partial charge in [-0.2, -0.15) is 0 Å². The highest BCUT2D eigenvalue weighted by Gasteiger charge is 2.13. The first-order chi connectivity index (χ1) is 14.1. The summed E-state index contributed by atoms with van der Waals surface area (Å²) < 4.78 is 16.5. The van der Waals surface area contributed by atoms with Crippen molar-refractivity contribution in [2.24, 2.45) is 0 Å². The van der Waals surface area contributed by atoms with E-state index in [2.05, 4.69) is 10.5 Å². The number of carbonyl (C=O) groups is 1. The summed E-state index contributed by atoms with van der Waals surface area (Å²) in [5.74, 6) is 1.90. The van der Waals surface area contributed by atoms with Crippen LogP contribution in [0.2, 0.25) is 0 Å². The molecule has 3 aromatic rings. The zero-order chi connectivity index (χ0) is 20.6. The number of thiophene rings is 1. The van der Waals surface area contributed by atoms with Gasteiger partial charge in [-0.05, 0) is 44.5 Å². The topological polar surface area (TPSA) is 76.8 Å². The van der Waals surface area contributed by atoms with Gasteiger partial charge in [0, 0.05) is 24.4 Å². The highest BCUT2D eigenvalue weighted by atomic mass is 32.1. The van der Waals surface area contributed by atoms with Crippen LogP contribution in [0.4, 0.5) is 5.69 Å². The van der Waals surface area contributed by atoms with Gasteiger partial charge in [-0.1, -0.05) is 11.2 Å². The molecular weight excluding hydrogens is 390 g/mol. The fourth-order valence-electron chi connectivity index (χ4n) is 2.83. The lowest BCUT2D eigenvalue weighted by Gasteiger charge is -2.16. The Morgan fingerprint density at radius 2 is 1.97 bits per heavy atom. The molecule has 1 aromatic carbocycles. The summed E-state index contributed by atoms with van der Waals surface area (Å²) in [6.45, 7) is 5.62. The maximum absolute atomic E-state index is 12.4. The number of carbonyl (C=O) groups excluding carboxylic acids is 1. The molecule has 0 atom stereocenters. The lowest BCUT2D eigenvalue weighted by molar-refractivity contribution is -0.117. The molecule has 8 heteroatoms. The molecule has 0 radical (unpaired) electrons. The van der Waals surface area contributed by atoms with Crippen molar-refractivity contribution in [3.05, 3.63) is 47.5 Å². The lowest BCUT2D eigenvalue weighted by atomic mass is 10.2. The number of amides is 1. The van der Waals surface area contributed by atoms with Gasteiger partial charge >= 0.3 is 0 Å². The number of hydrogen-bond donors (Lipinski definition) is 1. The highest BCUT2D eigenvalue weighted by molar-refractivity contribution is 7.13. The van der Waals surface area contributed by atoms with Crippen molar-refractivity contribution >= 4 is 22.9 Å². The number of benzene rings is 1. The minimum atomic E-state index is -0.124. The van der Waals surface area contributed by atoms with Gasteiger partial charge < -0.3 is 19.3 Å². The molecule has 1 amide bonds. The summed E-state index contributed by atoms with van der Waals surface area (Å²) in [5.41, 5.74) is 1.44. The number of likely N-dealkylation sites (N-methyl/N-ethyl adjacent to an activating group) is 1. The second-order valence-corrected chi connectivity index (χ2v) is 7.36. The summed E-state index contributed by atoms with van der Waals surface area (Å²) in [4.78, 5) is 15.3. The van der Waals surface area contributed by atoms with Crippen LogP contribution < -0.4 is 14.8 Å². The number of hydrogen-bond acceptors (Lipinski definition) is 7. The van der Waals surface area contributed by atoms with E-state index in [4.69, 9.17) is 14.0 Å². The minimum Gasteiger partial charge on any atom is -0.490 e. The Hall–Kier alpha value is -2.84. The van der Waals surface area contributed by atoms with Crippen molar-refractivity contribution in [3.63, 3.8) is 0 Å². The summed E-state index contributed by atoms with van der Waals surface area (Å²) >= 11 is 1.60. The van der Waals surface area contributed by atoms with Crippen LogP contribution in [-0.4, -0.2) is 42.8 Å². The number of rotatable bonds is 10. The van der Waals surface area contributed by atoms with Gasteiger partial charge in [-0.15, -0.1) is 11.3 Å². The van der Waals surface area contributed by atoms with E-state index in [0.717, 1.165) is 16.3 Å². The molecule has 154 valence electrons. The van der Waals surface area contributed by atoms with Crippen LogP contribution in [0.15, 0.2) is 46.3 Å². The molecule has 0 spiro atoms. The van der Waals surface area contributed by atoms with E-state index in [0.29, 0.717) is 36.9 Å². The number of nitrogens with one attached hydrogen (secondary N) is 1. The van der Waals surface area contributed by atoms with Gasteiger partial charge in [0.05, 0.1) is 30.3 Å². The van der Waals surface area contributed by atoms with E-state index in [-0.39, 0.29) is 12.5 Å². The zero-order valence-corrected chi connectivity index (χ0v) is 17.6. The highest BCUT2D eigenvalue weighted by Crippen LogP contribution is 2.30. The average molecular weight is 416 g/mol. The Labute approximate surface area is 174 Å². The number of anilines is 1. The fraction of sp³-hybridized carbons (Fsp3) is 0.333. The molecule has 0 saturated heterocycles. The standard InChI is InChI=1S/C21H25N3O4S/c1-4-26-17-9-8-15(11-18(17)27-5-2)22-21(25)14-24(3)13-16-12-19(28-23-16)20-7-6-10-29-20/h6-12H,4-5,13-14H2,1-3H3,(H,22,25). The predicted molar refractivity (Wildman–Crippen MR) is 114 cm³/mol. The molecule has 0 bridgehead atoms. The summed E-state index contributed by atoms with van der Waals surface area (Å²) in [6, 6.07) is 11.2. The largest absolute Gasteiger partial charge is 0.490 e. The van der Waals surface area contributed by atoms with E-state index in [1.54, 1.807) is 29.5 Å². The molecule has 1 N–H and O–H groups in total. The van der Waals surface area contributed by atoms with Crippen LogP contribution in [0.3, 0.4) is 0 Å². The van der Waals surface area contributed by atoms with E-state index < -0.39 is 0 Å². The third-order valence-electron chi connectivity index (χ3n) is 4.00. The molecule has 0 unspecified atom stereocenters. The lowest BCUT2D eigenvalue weighted by Crippen LogP contribution is -2.29. The molecule has 0 aliphatic carbocycles. The maximum Gasteiger partial charge on any atom is 0.238 e. The third kappa shape index (κ3) is 5.82. The second-order valence-electron chi connectivity index (χ2n) is 6.41. The van der Waals surface area contributed by atoms with Crippen molar-refractivity contribution in [2.75, 3.05) is 32.1 Å². The Morgan fingerprint density at radius 3 is 2.69 bits per heavy atom. The molecule has 2 aromatic heterocycles. The van der Waals surface area contributed by atoms with Crippen molar-refractivity contribution < 1.29 is 18.8 Å². The Kier molecular flexibility index (Phi) is 7.26. The van der Waals surface area contributed by atoms with Crippen LogP contribution >= 0.6 is 11.3 Å². The van der Waals surface area contributed by atoms with Gasteiger partial charge in [0.15, 0.2) is 17.3 Å². The quantitative estimate of drug-likeness (QED) is 0.533. The third-order valence-corrected chi connectivity index (χ3v) is 4.88. The van der Waals surface area contributed by atoms with Crippen molar-refractivity contribution in [3.8, 4) is 22.1 Å². The molecule has 7 nitrogen and oxygen atoms in total. The average Bonchev–Trinajstić information content (AvgIpc) is 3.35. The SMILES string of the molecule is CCOc1ccc(NC(=O)CN(C)Cc2cc(-c3cccs3)on2)cc1OCC. The van der Waals surface area contributed by atoms with Gasteiger partial charge in [-0.3, -0.25) is 9.69 Å². The van der Waals surface area contributed by atoms with Crippen LogP contribution in [0, 0.1) is 0 Å². The zero-order valence-electron chi connectivity index (χ0n) is 16.8. The number of nitrogens with zero attached hydrogens (tertiary/aromatic N) is 2. The van der Waals surface area contributed by atoms with Gasteiger partial charge in [-0.25, -0.2) is 0 Å². The monoisotopic (exact) mass is 415 g/mol. The van der Waals surface area contributed by atoms with Gasteiger partial charge in [0.25, 0.3) is 0 Å². The molecule has 29 heavy (non-hydrogen) atoms. The molecule has 0 saturated carbocycles. The normalized spacial score (nSPS) is 10.9. The minimum absolute atomic E-state index is 0.124. The Bertz CT molecular complexity index is 924. The first-order valence-corrected chi connectivity index (χ1v) is 10.3. The van der Waals surface area contributed by atoms with E-state index in [9.17, 15) is 4.79 Å². The molecule has 0 aliphatic heterocycles. The Morgan fingerprint density at radius 1 is 1.17 bits per heavy atom. The van der Waals surface area contributed by atoms with E-state index in [1.165, 1.54) is 0 Å². The van der Waals surface area contributed by atoms with Crippen molar-refractivity contribution in [1.82, 2.24) is 10.1 Å². The number of aromatic nitrogens is 1. The molecule has 2 heterocycles. The smallest absolute Gasteiger partial charge is 0.238 e. The Balaban J connectivity index is 1.55. The second kappa shape index (κ2) is 10.1. The number of ether oxygens (including phenoxy) is 2. The van der Waals surface area contributed by atoms with E-state index >= 15 is 0 Å². The van der Waals surface area contributed by atoms with Crippen LogP contribution in [0.25, 0.3) is 10.6 Å². The van der Waals surface area contributed by atoms with Crippen LogP contribution in [0.5, 0.6) is 11.5 Å². The van der Waals surface area contributed by atoms with Crippen molar-refractivity contribution in [1.29, 1.82) is 0 Å². The molecular formula is C21H25N3O4S. The molecule has 0 aliphatic rings. The molecule has 3 rings (SSSR count). The maximum atomic E-state index is 12.4. The first kappa shape index (κ1) is 20.9. The van der Waals surface area contributed by atoms with Gasteiger partial charge in [0.1, 0.15) is 0 Å². The fourth-order valence-corrected chi connectivity index (χ4v) is 3.50. The van der Waals surface area contributed by atoms with E-state index in [1.807, 2.05) is 49.4 Å².